The SMILES string of the molecule is COc1cc(C2(CN)CCCC2)c(F)cc1C. The highest BCUT2D eigenvalue weighted by molar-refractivity contribution is 5.41. The third-order valence-electron chi connectivity index (χ3n) is 4.01. The lowest BCUT2D eigenvalue weighted by Crippen LogP contribution is -2.33. The first-order valence-corrected chi connectivity index (χ1v) is 6.17. The van der Waals surface area contributed by atoms with Gasteiger partial charge < -0.3 is 10.5 Å². The number of benzene rings is 1. The summed E-state index contributed by atoms with van der Waals surface area (Å²) in [5, 5.41) is 0. The highest BCUT2D eigenvalue weighted by atomic mass is 19.1. The van der Waals surface area contributed by atoms with Crippen molar-refractivity contribution >= 4 is 0 Å². The normalized spacial score (nSPS) is 18.4. The molecule has 2 N–H and O–H groups in total. The van der Waals surface area contributed by atoms with E-state index in [-0.39, 0.29) is 11.2 Å². The van der Waals surface area contributed by atoms with Crippen molar-refractivity contribution in [3.63, 3.8) is 0 Å². The van der Waals surface area contributed by atoms with Gasteiger partial charge in [0.25, 0.3) is 0 Å². The number of aryl methyl sites for hydroxylation is 1. The number of nitrogens with two attached hydrogens (primary N) is 1. The second kappa shape index (κ2) is 4.65. The van der Waals surface area contributed by atoms with Gasteiger partial charge in [-0.15, -0.1) is 0 Å². The first kappa shape index (κ1) is 12.4. The Hall–Kier alpha value is -1.09. The van der Waals surface area contributed by atoms with E-state index in [2.05, 4.69) is 0 Å². The zero-order valence-electron chi connectivity index (χ0n) is 10.6. The molecule has 0 heterocycles. The van der Waals surface area contributed by atoms with Crippen LogP contribution in [0.3, 0.4) is 0 Å². The number of hydrogen-bond donors (Lipinski definition) is 1. The molecule has 1 aliphatic rings. The zero-order chi connectivity index (χ0) is 12.5. The summed E-state index contributed by atoms with van der Waals surface area (Å²) in [5.74, 6) is 0.608. The maximum absolute atomic E-state index is 14.1. The van der Waals surface area contributed by atoms with Crippen molar-refractivity contribution in [1.82, 2.24) is 0 Å². The molecule has 0 bridgehead atoms. The lowest BCUT2D eigenvalue weighted by molar-refractivity contribution is 0.395. The fourth-order valence-electron chi connectivity index (χ4n) is 2.91. The number of halogens is 1. The monoisotopic (exact) mass is 237 g/mol. The van der Waals surface area contributed by atoms with Gasteiger partial charge in [0.2, 0.25) is 0 Å². The predicted molar refractivity (Wildman–Crippen MR) is 66.9 cm³/mol. The molecule has 0 radical (unpaired) electrons. The van der Waals surface area contributed by atoms with Crippen molar-refractivity contribution in [3.05, 3.63) is 29.1 Å². The molecule has 2 nitrogen and oxygen atoms in total. The molecule has 1 aromatic rings. The van der Waals surface area contributed by atoms with Crippen LogP contribution in [0.5, 0.6) is 5.75 Å². The number of methoxy groups -OCH3 is 1. The van der Waals surface area contributed by atoms with Gasteiger partial charge in [0.15, 0.2) is 0 Å². The van der Waals surface area contributed by atoms with E-state index in [1.165, 1.54) is 0 Å². The molecule has 0 aliphatic heterocycles. The van der Waals surface area contributed by atoms with Crippen molar-refractivity contribution in [2.45, 2.75) is 38.0 Å². The third kappa shape index (κ3) is 2.04. The molecule has 0 saturated heterocycles. The largest absolute Gasteiger partial charge is 0.496 e. The molecular formula is C14H20FNO. The van der Waals surface area contributed by atoms with Gasteiger partial charge in [-0.25, -0.2) is 4.39 Å². The smallest absolute Gasteiger partial charge is 0.127 e. The van der Waals surface area contributed by atoms with Crippen molar-refractivity contribution in [3.8, 4) is 5.75 Å². The van der Waals surface area contributed by atoms with Crippen LogP contribution in [-0.2, 0) is 5.41 Å². The van der Waals surface area contributed by atoms with Crippen molar-refractivity contribution in [1.29, 1.82) is 0 Å². The summed E-state index contributed by atoms with van der Waals surface area (Å²) in [6, 6.07) is 3.40. The van der Waals surface area contributed by atoms with Crippen molar-refractivity contribution < 1.29 is 9.13 Å². The summed E-state index contributed by atoms with van der Waals surface area (Å²) < 4.78 is 19.4. The fraction of sp³-hybridized carbons (Fsp3) is 0.571. The summed E-state index contributed by atoms with van der Waals surface area (Å²) in [7, 11) is 1.62. The van der Waals surface area contributed by atoms with Crippen LogP contribution in [0.4, 0.5) is 4.39 Å². The van der Waals surface area contributed by atoms with Gasteiger partial charge in [0.05, 0.1) is 7.11 Å². The summed E-state index contributed by atoms with van der Waals surface area (Å²) in [6.45, 7) is 2.37. The molecule has 1 aromatic carbocycles. The van der Waals surface area contributed by atoms with E-state index in [0.29, 0.717) is 6.54 Å². The zero-order valence-corrected chi connectivity index (χ0v) is 10.6. The maximum Gasteiger partial charge on any atom is 0.127 e. The summed E-state index contributed by atoms with van der Waals surface area (Å²) in [6.07, 6.45) is 4.22. The Morgan fingerprint density at radius 1 is 1.35 bits per heavy atom. The van der Waals surface area contributed by atoms with E-state index in [0.717, 1.165) is 42.6 Å². The molecule has 0 amide bonds. The standard InChI is InChI=1S/C14H20FNO/c1-10-7-12(15)11(8-13(10)17-2)14(9-16)5-3-4-6-14/h7-8H,3-6,9,16H2,1-2H3. The highest BCUT2D eigenvalue weighted by Crippen LogP contribution is 2.42. The van der Waals surface area contributed by atoms with Crippen LogP contribution in [0.2, 0.25) is 0 Å². The molecule has 94 valence electrons. The minimum atomic E-state index is -0.176. The Bertz CT molecular complexity index is 411. The van der Waals surface area contributed by atoms with Gasteiger partial charge in [0, 0.05) is 12.0 Å². The summed E-state index contributed by atoms with van der Waals surface area (Å²) >= 11 is 0. The van der Waals surface area contributed by atoms with Crippen LogP contribution in [0.1, 0.15) is 36.8 Å². The molecule has 1 aliphatic carbocycles. The van der Waals surface area contributed by atoms with Gasteiger partial charge in [-0.1, -0.05) is 12.8 Å². The quantitative estimate of drug-likeness (QED) is 0.877. The van der Waals surface area contributed by atoms with E-state index in [1.54, 1.807) is 13.2 Å². The van der Waals surface area contributed by atoms with Gasteiger partial charge in [-0.05, 0) is 43.0 Å². The first-order valence-electron chi connectivity index (χ1n) is 6.17. The second-order valence-electron chi connectivity index (χ2n) is 4.99. The lowest BCUT2D eigenvalue weighted by Gasteiger charge is -2.29. The van der Waals surface area contributed by atoms with Crippen LogP contribution < -0.4 is 10.5 Å². The van der Waals surface area contributed by atoms with Crippen LogP contribution in [0.15, 0.2) is 12.1 Å². The van der Waals surface area contributed by atoms with Gasteiger partial charge in [-0.3, -0.25) is 0 Å². The second-order valence-corrected chi connectivity index (χ2v) is 4.99. The van der Waals surface area contributed by atoms with E-state index in [1.807, 2.05) is 13.0 Å². The molecule has 17 heavy (non-hydrogen) atoms. The number of hydrogen-bond acceptors (Lipinski definition) is 2. The van der Waals surface area contributed by atoms with Gasteiger partial charge in [0.1, 0.15) is 11.6 Å². The Morgan fingerprint density at radius 3 is 2.53 bits per heavy atom. The molecule has 1 fully saturated rings. The van der Waals surface area contributed by atoms with E-state index < -0.39 is 0 Å². The Morgan fingerprint density at radius 2 is 2.00 bits per heavy atom. The molecule has 0 aromatic heterocycles. The van der Waals surface area contributed by atoms with Crippen molar-refractivity contribution in [2.75, 3.05) is 13.7 Å². The molecular weight excluding hydrogens is 217 g/mol. The minimum absolute atomic E-state index is 0.143. The molecule has 0 atom stereocenters. The van der Waals surface area contributed by atoms with Crippen LogP contribution in [0.25, 0.3) is 0 Å². The number of ether oxygens (including phenoxy) is 1. The Kier molecular flexibility index (Phi) is 3.38. The van der Waals surface area contributed by atoms with Crippen molar-refractivity contribution in [2.24, 2.45) is 5.73 Å². The van der Waals surface area contributed by atoms with Gasteiger partial charge in [-0.2, -0.15) is 0 Å². The Labute approximate surface area is 102 Å². The van der Waals surface area contributed by atoms with Gasteiger partial charge >= 0.3 is 0 Å². The average molecular weight is 237 g/mol. The predicted octanol–water partition coefficient (Wildman–Crippen LogP) is 2.91. The molecule has 0 unspecified atom stereocenters. The molecule has 3 heteroatoms. The molecule has 0 spiro atoms. The topological polar surface area (TPSA) is 35.2 Å². The number of rotatable bonds is 3. The van der Waals surface area contributed by atoms with Crippen LogP contribution in [-0.4, -0.2) is 13.7 Å². The third-order valence-corrected chi connectivity index (χ3v) is 4.01. The molecule has 1 saturated carbocycles. The fourth-order valence-corrected chi connectivity index (χ4v) is 2.91. The first-order chi connectivity index (χ1) is 8.13. The van der Waals surface area contributed by atoms with E-state index in [9.17, 15) is 4.39 Å². The van der Waals surface area contributed by atoms with Crippen LogP contribution >= 0.6 is 0 Å². The van der Waals surface area contributed by atoms with E-state index >= 15 is 0 Å². The lowest BCUT2D eigenvalue weighted by atomic mass is 9.78. The Balaban J connectivity index is 2.50. The van der Waals surface area contributed by atoms with E-state index in [4.69, 9.17) is 10.5 Å². The maximum atomic E-state index is 14.1. The van der Waals surface area contributed by atoms with Crippen LogP contribution in [0, 0.1) is 12.7 Å². The summed E-state index contributed by atoms with van der Waals surface area (Å²) in [4.78, 5) is 0. The average Bonchev–Trinajstić information content (AvgIpc) is 2.79. The summed E-state index contributed by atoms with van der Waals surface area (Å²) in [5.41, 5.74) is 7.28. The minimum Gasteiger partial charge on any atom is -0.496 e. The highest BCUT2D eigenvalue weighted by Gasteiger charge is 2.36. The molecule has 2 rings (SSSR count).